The molecular formula is C17H18N2O4. The summed E-state index contributed by atoms with van der Waals surface area (Å²) in [5, 5.41) is 2.86. The number of hydrogen-bond acceptors (Lipinski definition) is 4. The fraction of sp³-hybridized carbons (Fsp3) is 0.294. The number of nitrogens with zero attached hydrogens (tertiary/aromatic N) is 1. The van der Waals surface area contributed by atoms with E-state index in [0.717, 1.165) is 0 Å². The molecule has 0 spiro atoms. The number of furan rings is 1. The lowest BCUT2D eigenvalue weighted by molar-refractivity contribution is -0.122. The predicted molar refractivity (Wildman–Crippen MR) is 84.2 cm³/mol. The van der Waals surface area contributed by atoms with Crippen LogP contribution in [0.1, 0.15) is 25.1 Å². The number of ether oxygens (including phenoxy) is 1. The summed E-state index contributed by atoms with van der Waals surface area (Å²) >= 11 is 0. The Hall–Kier alpha value is -2.76. The van der Waals surface area contributed by atoms with Gasteiger partial charge in [0.2, 0.25) is 5.91 Å². The number of hydrogen-bond donors (Lipinski definition) is 1. The predicted octanol–water partition coefficient (Wildman–Crippen LogP) is 2.27. The number of carbonyl (C=O) groups is 2. The number of nitrogens with one attached hydrogen (secondary N) is 1. The van der Waals surface area contributed by atoms with Crippen LogP contribution < -0.4 is 15.0 Å². The molecule has 0 bridgehead atoms. The largest absolute Gasteiger partial charge is 0.482 e. The van der Waals surface area contributed by atoms with Gasteiger partial charge in [0.15, 0.2) is 6.61 Å². The van der Waals surface area contributed by atoms with E-state index in [-0.39, 0.29) is 30.9 Å². The Bertz CT molecular complexity index is 696. The summed E-state index contributed by atoms with van der Waals surface area (Å²) < 4.78 is 10.6. The van der Waals surface area contributed by atoms with Gasteiger partial charge in [0, 0.05) is 13.0 Å². The SMILES string of the molecule is C[C@H](NC(=O)CCN1C(=O)COc2ccccc21)c1ccco1. The molecule has 0 radical (unpaired) electrons. The van der Waals surface area contributed by atoms with Crippen molar-refractivity contribution in [3.8, 4) is 5.75 Å². The number of rotatable bonds is 5. The minimum absolute atomic E-state index is 0.00142. The summed E-state index contributed by atoms with van der Waals surface area (Å²) in [6.45, 7) is 2.17. The van der Waals surface area contributed by atoms with Gasteiger partial charge in [-0.1, -0.05) is 12.1 Å². The molecule has 6 heteroatoms. The van der Waals surface area contributed by atoms with Crippen molar-refractivity contribution < 1.29 is 18.7 Å². The van der Waals surface area contributed by atoms with Gasteiger partial charge in [-0.15, -0.1) is 0 Å². The Morgan fingerprint density at radius 3 is 2.91 bits per heavy atom. The van der Waals surface area contributed by atoms with Crippen LogP contribution in [0.4, 0.5) is 5.69 Å². The molecule has 1 aromatic carbocycles. The van der Waals surface area contributed by atoms with Crippen LogP contribution in [-0.2, 0) is 9.59 Å². The maximum Gasteiger partial charge on any atom is 0.265 e. The third-order valence-electron chi connectivity index (χ3n) is 3.72. The molecule has 2 aromatic rings. The number of amides is 2. The van der Waals surface area contributed by atoms with Gasteiger partial charge in [-0.2, -0.15) is 0 Å². The standard InChI is InChI=1S/C17H18N2O4/c1-12(14-7-4-10-22-14)18-16(20)8-9-19-13-5-2-3-6-15(13)23-11-17(19)21/h2-7,10,12H,8-9,11H2,1H3,(H,18,20)/t12-/m0/s1. The molecule has 0 aliphatic carbocycles. The highest BCUT2D eigenvalue weighted by Gasteiger charge is 2.25. The highest BCUT2D eigenvalue weighted by atomic mass is 16.5. The second-order valence-corrected chi connectivity index (χ2v) is 5.36. The average Bonchev–Trinajstić information content (AvgIpc) is 3.08. The molecule has 1 atom stereocenters. The van der Waals surface area contributed by atoms with Crippen molar-refractivity contribution in [2.45, 2.75) is 19.4 Å². The summed E-state index contributed by atoms with van der Waals surface area (Å²) in [6, 6.07) is 10.7. The molecule has 1 aliphatic heterocycles. The lowest BCUT2D eigenvalue weighted by atomic mass is 10.2. The fourth-order valence-corrected chi connectivity index (χ4v) is 2.53. The van der Waals surface area contributed by atoms with E-state index in [1.807, 2.05) is 37.3 Å². The second kappa shape index (κ2) is 6.56. The van der Waals surface area contributed by atoms with Crippen LogP contribution in [0.5, 0.6) is 5.75 Å². The third kappa shape index (κ3) is 3.36. The second-order valence-electron chi connectivity index (χ2n) is 5.36. The van der Waals surface area contributed by atoms with Crippen molar-refractivity contribution in [3.05, 3.63) is 48.4 Å². The molecule has 3 rings (SSSR count). The van der Waals surface area contributed by atoms with Crippen LogP contribution in [0.25, 0.3) is 0 Å². The molecule has 23 heavy (non-hydrogen) atoms. The minimum atomic E-state index is -0.204. The average molecular weight is 314 g/mol. The van der Waals surface area contributed by atoms with E-state index in [4.69, 9.17) is 9.15 Å². The Labute approximate surface area is 134 Å². The van der Waals surface area contributed by atoms with Crippen LogP contribution in [0.2, 0.25) is 0 Å². The van der Waals surface area contributed by atoms with Gasteiger partial charge < -0.3 is 19.4 Å². The molecule has 6 nitrogen and oxygen atoms in total. The van der Waals surface area contributed by atoms with Crippen LogP contribution in [-0.4, -0.2) is 25.0 Å². The molecular weight excluding hydrogens is 296 g/mol. The molecule has 0 saturated heterocycles. The molecule has 1 aromatic heterocycles. The molecule has 2 heterocycles. The van der Waals surface area contributed by atoms with E-state index in [9.17, 15) is 9.59 Å². The number of fused-ring (bicyclic) bond motifs is 1. The highest BCUT2D eigenvalue weighted by Crippen LogP contribution is 2.31. The van der Waals surface area contributed by atoms with E-state index >= 15 is 0 Å². The topological polar surface area (TPSA) is 71.8 Å². The zero-order chi connectivity index (χ0) is 16.2. The Balaban J connectivity index is 1.59. The molecule has 0 unspecified atom stereocenters. The molecule has 2 amide bonds. The first-order chi connectivity index (χ1) is 11.1. The molecule has 0 fully saturated rings. The quantitative estimate of drug-likeness (QED) is 0.919. The van der Waals surface area contributed by atoms with Gasteiger partial charge in [0.05, 0.1) is 18.0 Å². The zero-order valence-corrected chi connectivity index (χ0v) is 12.8. The van der Waals surface area contributed by atoms with Crippen molar-refractivity contribution in [2.75, 3.05) is 18.1 Å². The first-order valence-corrected chi connectivity index (χ1v) is 7.50. The van der Waals surface area contributed by atoms with Gasteiger partial charge in [0.25, 0.3) is 5.91 Å². The van der Waals surface area contributed by atoms with E-state index in [1.54, 1.807) is 17.2 Å². The van der Waals surface area contributed by atoms with Gasteiger partial charge in [0.1, 0.15) is 11.5 Å². The Morgan fingerprint density at radius 1 is 1.30 bits per heavy atom. The normalized spacial score (nSPS) is 14.8. The summed E-state index contributed by atoms with van der Waals surface area (Å²) in [4.78, 5) is 25.7. The number of anilines is 1. The van der Waals surface area contributed by atoms with Crippen molar-refractivity contribution in [1.29, 1.82) is 0 Å². The number of benzene rings is 1. The smallest absolute Gasteiger partial charge is 0.265 e. The van der Waals surface area contributed by atoms with Crippen LogP contribution >= 0.6 is 0 Å². The first kappa shape index (κ1) is 15.1. The minimum Gasteiger partial charge on any atom is -0.482 e. The molecule has 1 N–H and O–H groups in total. The summed E-state index contributed by atoms with van der Waals surface area (Å²) in [7, 11) is 0. The third-order valence-corrected chi connectivity index (χ3v) is 3.72. The molecule has 120 valence electrons. The maximum absolute atomic E-state index is 12.1. The zero-order valence-electron chi connectivity index (χ0n) is 12.8. The van der Waals surface area contributed by atoms with Crippen LogP contribution in [0.15, 0.2) is 47.1 Å². The van der Waals surface area contributed by atoms with E-state index in [0.29, 0.717) is 23.7 Å². The van der Waals surface area contributed by atoms with Crippen molar-refractivity contribution in [1.82, 2.24) is 5.32 Å². The highest BCUT2D eigenvalue weighted by molar-refractivity contribution is 5.98. The lowest BCUT2D eigenvalue weighted by Crippen LogP contribution is -2.41. The number of carbonyl (C=O) groups excluding carboxylic acids is 2. The molecule has 0 saturated carbocycles. The Kier molecular flexibility index (Phi) is 4.32. The maximum atomic E-state index is 12.1. The molecule has 1 aliphatic rings. The Morgan fingerprint density at radius 2 is 2.13 bits per heavy atom. The first-order valence-electron chi connectivity index (χ1n) is 7.50. The summed E-state index contributed by atoms with van der Waals surface area (Å²) in [6.07, 6.45) is 1.78. The van der Waals surface area contributed by atoms with Crippen molar-refractivity contribution in [2.24, 2.45) is 0 Å². The van der Waals surface area contributed by atoms with Crippen LogP contribution in [0.3, 0.4) is 0 Å². The summed E-state index contributed by atoms with van der Waals surface area (Å²) in [5.74, 6) is 1.09. The van der Waals surface area contributed by atoms with Crippen molar-refractivity contribution >= 4 is 17.5 Å². The van der Waals surface area contributed by atoms with Crippen LogP contribution in [0, 0.1) is 0 Å². The van der Waals surface area contributed by atoms with E-state index in [1.165, 1.54) is 0 Å². The van der Waals surface area contributed by atoms with E-state index < -0.39 is 0 Å². The summed E-state index contributed by atoms with van der Waals surface area (Å²) in [5.41, 5.74) is 0.704. The van der Waals surface area contributed by atoms with E-state index in [2.05, 4.69) is 5.32 Å². The number of para-hydroxylation sites is 2. The van der Waals surface area contributed by atoms with Crippen molar-refractivity contribution in [3.63, 3.8) is 0 Å². The van der Waals surface area contributed by atoms with Gasteiger partial charge in [-0.3, -0.25) is 9.59 Å². The van der Waals surface area contributed by atoms with Gasteiger partial charge in [-0.05, 0) is 31.2 Å². The lowest BCUT2D eigenvalue weighted by Gasteiger charge is -2.29. The van der Waals surface area contributed by atoms with Gasteiger partial charge in [-0.25, -0.2) is 0 Å². The fourth-order valence-electron chi connectivity index (χ4n) is 2.53. The monoisotopic (exact) mass is 314 g/mol. The van der Waals surface area contributed by atoms with Gasteiger partial charge >= 0.3 is 0 Å².